The van der Waals surface area contributed by atoms with E-state index in [2.05, 4.69) is 26.3 Å². The van der Waals surface area contributed by atoms with Crippen LogP contribution in [0.3, 0.4) is 0 Å². The summed E-state index contributed by atoms with van der Waals surface area (Å²) in [7, 11) is 0. The zero-order chi connectivity index (χ0) is 17.1. The fourth-order valence-corrected chi connectivity index (χ4v) is 2.69. The zero-order valence-corrected chi connectivity index (χ0v) is 14.1. The molecule has 24 heavy (non-hydrogen) atoms. The lowest BCUT2D eigenvalue weighted by molar-refractivity contribution is 0.102. The van der Waals surface area contributed by atoms with E-state index in [0.717, 1.165) is 5.56 Å². The molecule has 5 nitrogen and oxygen atoms in total. The Morgan fingerprint density at radius 3 is 2.79 bits per heavy atom. The van der Waals surface area contributed by atoms with Gasteiger partial charge in [0.05, 0.1) is 4.47 Å². The molecule has 1 aromatic heterocycles. The number of nitrogens with one attached hydrogen (secondary N) is 1. The lowest BCUT2D eigenvalue weighted by atomic mass is 10.2. The fraction of sp³-hybridized carbons (Fsp3) is 0.0588. The number of carbonyl (C=O) groups is 1. The summed E-state index contributed by atoms with van der Waals surface area (Å²) in [5, 5.41) is 6.93. The van der Waals surface area contributed by atoms with Crippen LogP contribution in [-0.4, -0.2) is 15.7 Å². The largest absolute Gasteiger partial charge is 0.326 e. The van der Waals surface area contributed by atoms with Crippen molar-refractivity contribution in [1.29, 1.82) is 0 Å². The highest BCUT2D eigenvalue weighted by atomic mass is 79.9. The number of carbonyl (C=O) groups excluding carboxylic acids is 1. The normalized spacial score (nSPS) is 10.6. The molecule has 0 saturated carbocycles. The highest BCUT2D eigenvalue weighted by Gasteiger charge is 2.17. The molecule has 1 heterocycles. The second-order valence-corrected chi connectivity index (χ2v) is 5.93. The maximum Gasteiger partial charge on any atom is 0.277 e. The molecule has 0 saturated heterocycles. The van der Waals surface area contributed by atoms with Crippen LogP contribution in [0.25, 0.3) is 5.69 Å². The first-order valence-electron chi connectivity index (χ1n) is 7.19. The topological polar surface area (TPSA) is 72.9 Å². The van der Waals surface area contributed by atoms with Crippen molar-refractivity contribution in [3.05, 3.63) is 76.3 Å². The Hall–Kier alpha value is -2.51. The number of amides is 1. The van der Waals surface area contributed by atoms with E-state index in [1.54, 1.807) is 36.5 Å². The molecule has 0 fully saturated rings. The minimum Gasteiger partial charge on any atom is -0.326 e. The van der Waals surface area contributed by atoms with Gasteiger partial charge in [0, 0.05) is 18.4 Å². The molecule has 3 aromatic rings. The summed E-state index contributed by atoms with van der Waals surface area (Å²) in [5.41, 5.74) is 7.55. The molecule has 7 heteroatoms. The predicted octanol–water partition coefficient (Wildman–Crippen LogP) is 3.48. The average molecular weight is 389 g/mol. The Kier molecular flexibility index (Phi) is 4.73. The molecule has 0 aliphatic carbocycles. The van der Waals surface area contributed by atoms with Crippen LogP contribution in [-0.2, 0) is 6.54 Å². The van der Waals surface area contributed by atoms with Crippen molar-refractivity contribution in [2.75, 3.05) is 5.32 Å². The Bertz CT molecular complexity index is 894. The highest BCUT2D eigenvalue weighted by Crippen LogP contribution is 2.21. The van der Waals surface area contributed by atoms with Gasteiger partial charge in [0.2, 0.25) is 0 Å². The summed E-state index contributed by atoms with van der Waals surface area (Å²) in [4.78, 5) is 12.4. The molecule has 0 spiro atoms. The van der Waals surface area contributed by atoms with E-state index in [1.165, 1.54) is 10.7 Å². The molecule has 122 valence electrons. The smallest absolute Gasteiger partial charge is 0.277 e. The minimum atomic E-state index is -0.421. The Morgan fingerprint density at radius 2 is 2.04 bits per heavy atom. The van der Waals surface area contributed by atoms with Gasteiger partial charge < -0.3 is 11.1 Å². The van der Waals surface area contributed by atoms with Gasteiger partial charge in [-0.2, -0.15) is 5.10 Å². The monoisotopic (exact) mass is 388 g/mol. The quantitative estimate of drug-likeness (QED) is 0.718. The Labute approximate surface area is 146 Å². The molecule has 0 atom stereocenters. The number of nitrogens with zero attached hydrogens (tertiary/aromatic N) is 2. The van der Waals surface area contributed by atoms with Gasteiger partial charge in [-0.1, -0.05) is 24.3 Å². The van der Waals surface area contributed by atoms with E-state index in [-0.39, 0.29) is 11.4 Å². The summed E-state index contributed by atoms with van der Waals surface area (Å²) in [6.07, 6.45) is 1.55. The SMILES string of the molecule is NCc1cccc(NC(=O)c2nn(-c3ccccc3F)cc2Br)c1. The van der Waals surface area contributed by atoms with E-state index < -0.39 is 11.7 Å². The van der Waals surface area contributed by atoms with Crippen molar-refractivity contribution in [3.8, 4) is 5.69 Å². The van der Waals surface area contributed by atoms with Crippen LogP contribution < -0.4 is 11.1 Å². The van der Waals surface area contributed by atoms with Crippen molar-refractivity contribution < 1.29 is 9.18 Å². The molecule has 0 unspecified atom stereocenters. The van der Waals surface area contributed by atoms with Crippen LogP contribution in [0.5, 0.6) is 0 Å². The molecular weight excluding hydrogens is 375 g/mol. The first kappa shape index (κ1) is 16.4. The predicted molar refractivity (Wildman–Crippen MR) is 93.5 cm³/mol. The van der Waals surface area contributed by atoms with E-state index in [9.17, 15) is 9.18 Å². The second kappa shape index (κ2) is 6.94. The van der Waals surface area contributed by atoms with Crippen LogP contribution in [0.2, 0.25) is 0 Å². The Morgan fingerprint density at radius 1 is 1.25 bits per heavy atom. The number of rotatable bonds is 4. The van der Waals surface area contributed by atoms with Gasteiger partial charge in [-0.25, -0.2) is 9.07 Å². The average Bonchev–Trinajstić information content (AvgIpc) is 2.97. The molecule has 0 radical (unpaired) electrons. The number of aromatic nitrogens is 2. The first-order valence-corrected chi connectivity index (χ1v) is 7.98. The van der Waals surface area contributed by atoms with Gasteiger partial charge in [-0.05, 0) is 45.8 Å². The molecule has 2 aromatic carbocycles. The summed E-state index contributed by atoms with van der Waals surface area (Å²) in [5.74, 6) is -0.818. The number of benzene rings is 2. The summed E-state index contributed by atoms with van der Waals surface area (Å²) in [6.45, 7) is 0.384. The third-order valence-electron chi connectivity index (χ3n) is 3.40. The maximum absolute atomic E-state index is 13.9. The van der Waals surface area contributed by atoms with Gasteiger partial charge in [-0.3, -0.25) is 4.79 Å². The van der Waals surface area contributed by atoms with Crippen molar-refractivity contribution in [2.45, 2.75) is 6.54 Å². The number of halogens is 2. The second-order valence-electron chi connectivity index (χ2n) is 5.08. The van der Waals surface area contributed by atoms with Crippen molar-refractivity contribution in [3.63, 3.8) is 0 Å². The number of para-hydroxylation sites is 1. The molecule has 0 aliphatic rings. The van der Waals surface area contributed by atoms with E-state index in [4.69, 9.17) is 5.73 Å². The molecule has 3 N–H and O–H groups in total. The molecule has 3 rings (SSSR count). The fourth-order valence-electron chi connectivity index (χ4n) is 2.23. The van der Waals surface area contributed by atoms with E-state index in [1.807, 2.05) is 12.1 Å². The Balaban J connectivity index is 1.87. The zero-order valence-electron chi connectivity index (χ0n) is 12.5. The lowest BCUT2D eigenvalue weighted by Crippen LogP contribution is -2.14. The number of nitrogens with two attached hydrogens (primary N) is 1. The summed E-state index contributed by atoms with van der Waals surface area (Å²) in [6, 6.07) is 13.5. The molecule has 1 amide bonds. The van der Waals surface area contributed by atoms with Gasteiger partial charge in [0.15, 0.2) is 5.69 Å². The van der Waals surface area contributed by atoms with Gasteiger partial charge in [0.1, 0.15) is 11.5 Å². The van der Waals surface area contributed by atoms with Crippen LogP contribution >= 0.6 is 15.9 Å². The van der Waals surface area contributed by atoms with Gasteiger partial charge in [0.25, 0.3) is 5.91 Å². The van der Waals surface area contributed by atoms with Crippen molar-refractivity contribution >= 4 is 27.5 Å². The van der Waals surface area contributed by atoms with Gasteiger partial charge in [-0.15, -0.1) is 0 Å². The molecular formula is C17H14BrFN4O. The lowest BCUT2D eigenvalue weighted by Gasteiger charge is -2.05. The first-order chi connectivity index (χ1) is 11.6. The summed E-state index contributed by atoms with van der Waals surface area (Å²) < 4.78 is 15.7. The third kappa shape index (κ3) is 3.37. The maximum atomic E-state index is 13.9. The molecule has 0 aliphatic heterocycles. The van der Waals surface area contributed by atoms with Crippen LogP contribution in [0.15, 0.2) is 59.2 Å². The van der Waals surface area contributed by atoms with E-state index >= 15 is 0 Å². The number of hydrogen-bond acceptors (Lipinski definition) is 3. The third-order valence-corrected chi connectivity index (χ3v) is 3.98. The molecule has 0 bridgehead atoms. The van der Waals surface area contributed by atoms with Crippen molar-refractivity contribution in [1.82, 2.24) is 9.78 Å². The minimum absolute atomic E-state index is 0.163. The van der Waals surface area contributed by atoms with Gasteiger partial charge >= 0.3 is 0 Å². The summed E-state index contributed by atoms with van der Waals surface area (Å²) >= 11 is 3.29. The standard InChI is InChI=1S/C17H14BrFN4O/c18-13-10-23(15-7-2-1-6-14(15)19)22-16(13)17(24)21-12-5-3-4-11(8-12)9-20/h1-8,10H,9,20H2,(H,21,24). The van der Waals surface area contributed by atoms with Crippen LogP contribution in [0.1, 0.15) is 16.1 Å². The van der Waals surface area contributed by atoms with Crippen LogP contribution in [0, 0.1) is 5.82 Å². The number of hydrogen-bond donors (Lipinski definition) is 2. The number of anilines is 1. The van der Waals surface area contributed by atoms with Crippen LogP contribution in [0.4, 0.5) is 10.1 Å². The van der Waals surface area contributed by atoms with E-state index in [0.29, 0.717) is 16.7 Å². The van der Waals surface area contributed by atoms with Crippen molar-refractivity contribution in [2.24, 2.45) is 5.73 Å². The highest BCUT2D eigenvalue weighted by molar-refractivity contribution is 9.10.